The van der Waals surface area contributed by atoms with Crippen LogP contribution in [0.5, 0.6) is 0 Å². The van der Waals surface area contributed by atoms with Crippen molar-refractivity contribution in [3.63, 3.8) is 0 Å². The van der Waals surface area contributed by atoms with Crippen LogP contribution in [0.1, 0.15) is 39.2 Å². The first-order valence-electron chi connectivity index (χ1n) is 13.7. The third kappa shape index (κ3) is 10.1. The minimum absolute atomic E-state index is 0.175. The molecule has 1 aliphatic rings. The fraction of sp³-hybridized carbons (Fsp3) is 0.467. The zero-order chi connectivity index (χ0) is 29.0. The van der Waals surface area contributed by atoms with Crippen LogP contribution in [0.3, 0.4) is 0 Å². The van der Waals surface area contributed by atoms with Gasteiger partial charge in [0.25, 0.3) is 0 Å². The van der Waals surface area contributed by atoms with Gasteiger partial charge < -0.3 is 25.0 Å². The highest BCUT2D eigenvalue weighted by molar-refractivity contribution is 7.94. The lowest BCUT2D eigenvalue weighted by atomic mass is 9.97. The lowest BCUT2D eigenvalue weighted by Gasteiger charge is -2.33. The molecule has 0 radical (unpaired) electrons. The number of benzene rings is 2. The minimum atomic E-state index is -3.70. The highest BCUT2D eigenvalue weighted by Crippen LogP contribution is 2.19. The molecule has 0 bridgehead atoms. The molecule has 3 amide bonds. The largest absolute Gasteiger partial charge is 0.378 e. The van der Waals surface area contributed by atoms with Gasteiger partial charge in [-0.15, -0.1) is 0 Å². The van der Waals surface area contributed by atoms with E-state index < -0.39 is 33.4 Å². The van der Waals surface area contributed by atoms with E-state index in [1.807, 2.05) is 51.1 Å². The summed E-state index contributed by atoms with van der Waals surface area (Å²) < 4.78 is 37.0. The molecule has 2 aromatic carbocycles. The molecular weight excluding hydrogens is 530 g/mol. The second-order valence-electron chi connectivity index (χ2n) is 10.3. The molecule has 0 spiro atoms. The summed E-state index contributed by atoms with van der Waals surface area (Å²) in [4.78, 5) is 28.5. The van der Waals surface area contributed by atoms with Crippen LogP contribution in [-0.4, -0.2) is 75.9 Å². The van der Waals surface area contributed by atoms with Gasteiger partial charge in [0.05, 0.1) is 23.7 Å². The van der Waals surface area contributed by atoms with E-state index in [0.29, 0.717) is 45.8 Å². The van der Waals surface area contributed by atoms with Crippen LogP contribution in [0.15, 0.2) is 77.0 Å². The first-order valence-corrected chi connectivity index (χ1v) is 15.2. The average Bonchev–Trinajstić information content (AvgIpc) is 2.95. The van der Waals surface area contributed by atoms with Crippen molar-refractivity contribution < 1.29 is 27.5 Å². The average molecular weight is 572 g/mol. The molecule has 2 atom stereocenters. The number of morpholine rings is 1. The lowest BCUT2D eigenvalue weighted by molar-refractivity contribution is -0.125. The van der Waals surface area contributed by atoms with Crippen molar-refractivity contribution in [2.24, 2.45) is 0 Å². The topological polar surface area (TPSA) is 114 Å². The van der Waals surface area contributed by atoms with Crippen LogP contribution in [0.4, 0.5) is 4.79 Å². The van der Waals surface area contributed by atoms with E-state index in [1.165, 1.54) is 18.2 Å². The highest BCUT2D eigenvalue weighted by atomic mass is 32.2. The van der Waals surface area contributed by atoms with Crippen LogP contribution in [-0.2, 0) is 30.5 Å². The Labute approximate surface area is 237 Å². The number of hydrogen-bond donors (Lipinski definition) is 2. The number of nitrogens with zero attached hydrogens (tertiary/aromatic N) is 1. The number of aryl methyl sites for hydroxylation is 1. The smallest absolute Gasteiger partial charge is 0.318 e. The van der Waals surface area contributed by atoms with E-state index >= 15 is 0 Å². The quantitative estimate of drug-likeness (QED) is 0.379. The number of amides is 3. The Kier molecular flexibility index (Phi) is 11.7. The summed E-state index contributed by atoms with van der Waals surface area (Å²) in [6.45, 7) is 7.84. The van der Waals surface area contributed by atoms with E-state index in [1.54, 1.807) is 23.1 Å². The van der Waals surface area contributed by atoms with Crippen LogP contribution < -0.4 is 10.6 Å². The maximum atomic E-state index is 13.7. The molecule has 1 saturated heterocycles. The third-order valence-corrected chi connectivity index (χ3v) is 8.06. The van der Waals surface area contributed by atoms with Crippen molar-refractivity contribution in [3.8, 4) is 0 Å². The first kappa shape index (κ1) is 31.3. The lowest BCUT2D eigenvalue weighted by Crippen LogP contribution is -2.56. The van der Waals surface area contributed by atoms with Gasteiger partial charge in [-0.1, -0.05) is 54.6 Å². The van der Waals surface area contributed by atoms with E-state index in [4.69, 9.17) is 9.47 Å². The van der Waals surface area contributed by atoms with Crippen molar-refractivity contribution in [1.82, 2.24) is 15.5 Å². The van der Waals surface area contributed by atoms with E-state index in [2.05, 4.69) is 10.6 Å². The summed E-state index contributed by atoms with van der Waals surface area (Å²) >= 11 is 0. The Bertz CT molecular complexity index is 1210. The number of nitrogens with one attached hydrogen (secondary N) is 2. The molecule has 1 aliphatic heterocycles. The van der Waals surface area contributed by atoms with Gasteiger partial charge in [-0.05, 0) is 51.3 Å². The Balaban J connectivity index is 1.81. The van der Waals surface area contributed by atoms with Gasteiger partial charge in [0, 0.05) is 37.6 Å². The van der Waals surface area contributed by atoms with Crippen LogP contribution >= 0.6 is 0 Å². The predicted octanol–water partition coefficient (Wildman–Crippen LogP) is 3.71. The van der Waals surface area contributed by atoms with Crippen molar-refractivity contribution in [2.75, 3.05) is 32.9 Å². The van der Waals surface area contributed by atoms with E-state index in [9.17, 15) is 18.0 Å². The highest BCUT2D eigenvalue weighted by Gasteiger charge is 2.32. The number of carbonyl (C=O) groups is 2. The maximum absolute atomic E-state index is 13.7. The molecule has 40 heavy (non-hydrogen) atoms. The standard InChI is InChI=1S/C30H41N3O6S/c1-4-39-30(2,3)23-27(32-29(35)33-18-20-38-21-19-33)28(34)31-25(16-15-24-11-7-5-8-12-24)17-22-40(36,37)26-13-9-6-10-14-26/h5-14,17,22,25,27H,4,15-16,18-21,23H2,1-3H3,(H,31,34)(H,32,35)/b22-17+/t25-,27-/m0/s1. The number of ether oxygens (including phenoxy) is 2. The zero-order valence-corrected chi connectivity index (χ0v) is 24.4. The van der Waals surface area contributed by atoms with Crippen LogP contribution in [0.2, 0.25) is 0 Å². The molecule has 3 rings (SSSR count). The predicted molar refractivity (Wildman–Crippen MR) is 154 cm³/mol. The minimum Gasteiger partial charge on any atom is -0.378 e. The fourth-order valence-corrected chi connectivity index (χ4v) is 5.60. The Morgan fingerprint density at radius 1 is 1.02 bits per heavy atom. The molecule has 10 heteroatoms. The number of hydrogen-bond acceptors (Lipinski definition) is 6. The summed E-state index contributed by atoms with van der Waals surface area (Å²) in [6, 6.07) is 16.1. The summed E-state index contributed by atoms with van der Waals surface area (Å²) in [7, 11) is -3.70. The fourth-order valence-electron chi connectivity index (χ4n) is 4.51. The van der Waals surface area contributed by atoms with Crippen LogP contribution in [0, 0.1) is 0 Å². The molecule has 0 unspecified atom stereocenters. The van der Waals surface area contributed by atoms with E-state index in [-0.39, 0.29) is 17.3 Å². The van der Waals surface area contributed by atoms with Gasteiger partial charge in [-0.25, -0.2) is 13.2 Å². The zero-order valence-electron chi connectivity index (χ0n) is 23.5. The Morgan fingerprint density at radius 2 is 1.65 bits per heavy atom. The third-order valence-electron chi connectivity index (χ3n) is 6.62. The maximum Gasteiger partial charge on any atom is 0.318 e. The second-order valence-corrected chi connectivity index (χ2v) is 12.2. The molecule has 2 N–H and O–H groups in total. The van der Waals surface area contributed by atoms with Gasteiger partial charge in [-0.2, -0.15) is 0 Å². The van der Waals surface area contributed by atoms with Gasteiger partial charge in [0.2, 0.25) is 5.91 Å². The first-order chi connectivity index (χ1) is 19.1. The summed E-state index contributed by atoms with van der Waals surface area (Å²) in [6.07, 6.45) is 2.84. The molecule has 218 valence electrons. The van der Waals surface area contributed by atoms with Gasteiger partial charge in [0.15, 0.2) is 9.84 Å². The van der Waals surface area contributed by atoms with Crippen LogP contribution in [0.25, 0.3) is 0 Å². The summed E-state index contributed by atoms with van der Waals surface area (Å²) in [5, 5.41) is 7.00. The summed E-state index contributed by atoms with van der Waals surface area (Å²) in [5.41, 5.74) is 0.386. The Morgan fingerprint density at radius 3 is 2.27 bits per heavy atom. The monoisotopic (exact) mass is 571 g/mol. The Hall–Kier alpha value is -3.21. The van der Waals surface area contributed by atoms with Gasteiger partial charge in [-0.3, -0.25) is 4.79 Å². The van der Waals surface area contributed by atoms with Gasteiger partial charge in [0.1, 0.15) is 6.04 Å². The van der Waals surface area contributed by atoms with Crippen molar-refractivity contribution in [3.05, 3.63) is 77.7 Å². The molecule has 1 heterocycles. The molecule has 0 saturated carbocycles. The molecular formula is C30H41N3O6S. The summed E-state index contributed by atoms with van der Waals surface area (Å²) in [5.74, 6) is -0.408. The van der Waals surface area contributed by atoms with E-state index in [0.717, 1.165) is 11.0 Å². The molecule has 9 nitrogen and oxygen atoms in total. The normalized spacial score (nSPS) is 15.9. The van der Waals surface area contributed by atoms with Crippen molar-refractivity contribution >= 4 is 21.8 Å². The second kappa shape index (κ2) is 15.0. The van der Waals surface area contributed by atoms with Gasteiger partial charge >= 0.3 is 6.03 Å². The number of sulfone groups is 1. The molecule has 0 aromatic heterocycles. The van der Waals surface area contributed by atoms with Crippen molar-refractivity contribution in [2.45, 2.75) is 62.6 Å². The number of rotatable bonds is 13. The molecule has 1 fully saturated rings. The van der Waals surface area contributed by atoms with Crippen molar-refractivity contribution in [1.29, 1.82) is 0 Å². The number of urea groups is 1. The molecule has 2 aromatic rings. The SMILES string of the molecule is CCOC(C)(C)C[C@H](NC(=O)N1CCOCC1)C(=O)N[C@H](/C=C/S(=O)(=O)c1ccccc1)CCc1ccccc1. The molecule has 0 aliphatic carbocycles. The number of carbonyl (C=O) groups excluding carboxylic acids is 2.